The van der Waals surface area contributed by atoms with E-state index in [-0.39, 0.29) is 53.9 Å². The van der Waals surface area contributed by atoms with Crippen LogP contribution in [0.5, 0.6) is 11.5 Å². The number of anilines is 1. The van der Waals surface area contributed by atoms with Gasteiger partial charge in [-0.3, -0.25) is 24.0 Å². The van der Waals surface area contributed by atoms with Gasteiger partial charge in [0.15, 0.2) is 33.9 Å². The number of halogens is 1. The van der Waals surface area contributed by atoms with E-state index < -0.39 is 99.2 Å². The summed E-state index contributed by atoms with van der Waals surface area (Å²) in [4.78, 5) is 111. The van der Waals surface area contributed by atoms with E-state index in [1.165, 1.54) is 30.2 Å². The fourth-order valence-electron chi connectivity index (χ4n) is 5.79. The molecular formula is C33H35ClN10O13S2. The monoisotopic (exact) mass is 878 g/mol. The van der Waals surface area contributed by atoms with E-state index in [0.29, 0.717) is 11.8 Å². The Morgan fingerprint density at radius 2 is 1.85 bits per heavy atom. The fourth-order valence-corrected chi connectivity index (χ4v) is 8.30. The number of urea groups is 1. The molecule has 0 aliphatic carbocycles. The van der Waals surface area contributed by atoms with Crippen LogP contribution in [0.25, 0.3) is 0 Å². The van der Waals surface area contributed by atoms with Gasteiger partial charge in [0.1, 0.15) is 5.69 Å². The minimum atomic E-state index is -2.09. The number of nitrogens with two attached hydrogens (primary N) is 1. The number of oxime groups is 1. The molecule has 8 N–H and O–H groups in total. The maximum Gasteiger partial charge on any atom is 0.350 e. The van der Waals surface area contributed by atoms with Crippen LogP contribution in [-0.4, -0.2) is 148 Å². The Balaban J connectivity index is 1.13. The highest BCUT2D eigenvalue weighted by Crippen LogP contribution is 2.52. The zero-order chi connectivity index (χ0) is 43.4. The first-order chi connectivity index (χ1) is 27.8. The number of thioether (sulfide) groups is 1. The Morgan fingerprint density at radius 3 is 2.51 bits per heavy atom. The minimum Gasteiger partial charge on any atom is -0.504 e. The molecule has 1 aromatic heterocycles. The molecule has 5 rings (SSSR count). The number of carboxylic acid groups (broad SMARTS) is 2. The van der Waals surface area contributed by atoms with Crippen LogP contribution in [0, 0.1) is 5.92 Å². The van der Waals surface area contributed by atoms with Gasteiger partial charge < -0.3 is 46.1 Å². The van der Waals surface area contributed by atoms with Crippen molar-refractivity contribution in [3.8, 4) is 11.5 Å². The lowest BCUT2D eigenvalue weighted by Gasteiger charge is -2.41. The highest BCUT2D eigenvalue weighted by Gasteiger charge is 2.66. The summed E-state index contributed by atoms with van der Waals surface area (Å²) in [5, 5.41) is 53.6. The van der Waals surface area contributed by atoms with Crippen molar-refractivity contribution in [2.75, 3.05) is 31.9 Å². The average Bonchev–Trinajstić information content (AvgIpc) is 3.78. The highest BCUT2D eigenvalue weighted by molar-refractivity contribution is 8.02. The van der Waals surface area contributed by atoms with Gasteiger partial charge in [0.2, 0.25) is 16.4 Å². The van der Waals surface area contributed by atoms with E-state index in [0.717, 1.165) is 39.7 Å². The molecule has 3 atom stereocenters. The third-order valence-corrected chi connectivity index (χ3v) is 11.8. The fraction of sp³-hybridized carbons (Fsp3) is 0.394. The summed E-state index contributed by atoms with van der Waals surface area (Å²) < 4.78 is 0. The summed E-state index contributed by atoms with van der Waals surface area (Å²) >= 11 is 7.57. The molecule has 0 bridgehead atoms. The number of carboxylic acids is 2. The lowest BCUT2D eigenvalue weighted by atomic mass is 9.90. The van der Waals surface area contributed by atoms with Crippen LogP contribution in [0.15, 0.2) is 32.9 Å². The Bertz CT molecular complexity index is 2200. The minimum absolute atomic E-state index is 0.00571. The van der Waals surface area contributed by atoms with Gasteiger partial charge in [0, 0.05) is 36.9 Å². The molecule has 2 aromatic rings. The van der Waals surface area contributed by atoms with Gasteiger partial charge in [0.05, 0.1) is 41.8 Å². The Morgan fingerprint density at radius 1 is 1.12 bits per heavy atom. The maximum absolute atomic E-state index is 13.5. The van der Waals surface area contributed by atoms with Gasteiger partial charge in [-0.25, -0.2) is 29.8 Å². The lowest BCUT2D eigenvalue weighted by molar-refractivity contribution is -0.166. The Hall–Kier alpha value is -6.34. The zero-order valence-electron chi connectivity index (χ0n) is 30.9. The topological polar surface area (TPSA) is 336 Å². The zero-order valence-corrected chi connectivity index (χ0v) is 33.2. The summed E-state index contributed by atoms with van der Waals surface area (Å²) in [5.41, 5.74) is 5.57. The van der Waals surface area contributed by atoms with E-state index in [9.17, 15) is 58.8 Å². The summed E-state index contributed by atoms with van der Waals surface area (Å²) in [5.74, 6) is -9.27. The smallest absolute Gasteiger partial charge is 0.350 e. The number of hydrogen-bond acceptors (Lipinski definition) is 18. The molecule has 4 heterocycles. The first kappa shape index (κ1) is 43.8. The van der Waals surface area contributed by atoms with Gasteiger partial charge in [-0.1, -0.05) is 28.5 Å². The molecule has 26 heteroatoms. The molecule has 3 saturated heterocycles. The van der Waals surface area contributed by atoms with Crippen molar-refractivity contribution in [2.45, 2.75) is 49.0 Å². The number of rotatable bonds is 17. The molecule has 3 aliphatic rings. The normalized spacial score (nSPS) is 20.8. The van der Waals surface area contributed by atoms with Gasteiger partial charge >= 0.3 is 29.8 Å². The van der Waals surface area contributed by atoms with Crippen LogP contribution in [0.3, 0.4) is 0 Å². The molecular weight excluding hydrogens is 844 g/mol. The second kappa shape index (κ2) is 17.7. The van der Waals surface area contributed by atoms with Gasteiger partial charge in [-0.05, 0) is 32.4 Å². The van der Waals surface area contributed by atoms with Crippen LogP contribution in [0.2, 0.25) is 5.02 Å². The number of phenolic OH excluding ortho intramolecular Hbond substituents is 2. The van der Waals surface area contributed by atoms with Crippen LogP contribution in [0.4, 0.5) is 9.93 Å². The summed E-state index contributed by atoms with van der Waals surface area (Å²) in [7, 11) is 0. The van der Waals surface area contributed by atoms with Crippen molar-refractivity contribution in [2.24, 2.45) is 21.3 Å². The lowest BCUT2D eigenvalue weighted by Crippen LogP contribution is -2.65. The number of hydrazone groups is 2. The third kappa shape index (κ3) is 9.20. The number of carbonyl (C=O) groups excluding carboxylic acids is 6. The average molecular weight is 879 g/mol. The van der Waals surface area contributed by atoms with E-state index in [2.05, 4.69) is 31.1 Å². The number of ketones is 2. The van der Waals surface area contributed by atoms with Crippen LogP contribution in [-0.2, 0) is 33.6 Å². The predicted octanol–water partition coefficient (Wildman–Crippen LogP) is 0.250. The molecule has 0 radical (unpaired) electrons. The number of aromatic nitrogens is 1. The number of carbonyl (C=O) groups is 8. The van der Waals surface area contributed by atoms with E-state index >= 15 is 0 Å². The number of nitrogen functional groups attached to an aromatic ring is 1. The SMILES string of the molecule is CC(C)(O/N=C(\C(=O)C[C@@H]1C(=O)N2C[C@@](C(=O)O)(N3CCN(/N=C/C=N/NC(=O)NCCCC(=O)c4ccc(O)c(O)c4Cl)C(=O)C3=O)S[C@H]12)c1csc(N)n1)C(=O)O. The molecule has 3 aliphatic heterocycles. The van der Waals surface area contributed by atoms with Crippen LogP contribution in [0.1, 0.15) is 49.2 Å². The molecule has 3 fully saturated rings. The van der Waals surface area contributed by atoms with Gasteiger partial charge in [0.25, 0.3) is 0 Å². The molecule has 1 aromatic carbocycles. The van der Waals surface area contributed by atoms with Crippen molar-refractivity contribution in [3.63, 3.8) is 0 Å². The summed E-state index contributed by atoms with van der Waals surface area (Å²) in [6.07, 6.45) is 1.63. The number of piperazine rings is 1. The van der Waals surface area contributed by atoms with Gasteiger partial charge in [-0.15, -0.1) is 11.3 Å². The van der Waals surface area contributed by atoms with Crippen LogP contribution >= 0.6 is 34.7 Å². The number of thiazole rings is 1. The predicted molar refractivity (Wildman–Crippen MR) is 208 cm³/mol. The number of nitrogens with zero attached hydrogens (tertiary/aromatic N) is 7. The molecule has 23 nitrogen and oxygen atoms in total. The van der Waals surface area contributed by atoms with Crippen molar-refractivity contribution >= 4 is 105 Å². The second-order valence-corrected chi connectivity index (χ2v) is 16.0. The number of aromatic hydroxyl groups is 2. The molecule has 0 saturated carbocycles. The highest BCUT2D eigenvalue weighted by atomic mass is 35.5. The number of amides is 5. The Labute approximate surface area is 345 Å². The molecule has 5 amide bonds. The van der Waals surface area contributed by atoms with Crippen molar-refractivity contribution in [3.05, 3.63) is 33.8 Å². The number of β-lactam (4-membered cyclic amide) rings is 1. The quantitative estimate of drug-likeness (QED) is 0.0213. The number of aliphatic carboxylic acids is 2. The third-order valence-electron chi connectivity index (χ3n) is 9.01. The molecule has 0 spiro atoms. The van der Waals surface area contributed by atoms with Gasteiger partial charge in [-0.2, -0.15) is 10.2 Å². The number of fused-ring (bicyclic) bond motifs is 1. The number of nitrogens with one attached hydrogen (secondary N) is 2. The first-order valence-corrected chi connectivity index (χ1v) is 19.3. The second-order valence-electron chi connectivity index (χ2n) is 13.3. The first-order valence-electron chi connectivity index (χ1n) is 17.2. The number of Topliss-reactive ketones (excluding diaryl/α,β-unsaturated/α-hetero) is 2. The number of phenols is 2. The summed E-state index contributed by atoms with van der Waals surface area (Å²) in [6.45, 7) is 1.40. The Kier molecular flexibility index (Phi) is 13.1. The van der Waals surface area contributed by atoms with Crippen molar-refractivity contribution < 1.29 is 63.6 Å². The van der Waals surface area contributed by atoms with E-state index in [1.54, 1.807) is 0 Å². The van der Waals surface area contributed by atoms with E-state index in [4.69, 9.17) is 22.2 Å². The molecule has 59 heavy (non-hydrogen) atoms. The summed E-state index contributed by atoms with van der Waals surface area (Å²) in [6, 6.07) is 1.63. The molecule has 0 unspecified atom stereocenters. The largest absolute Gasteiger partial charge is 0.504 e. The number of benzene rings is 1. The van der Waals surface area contributed by atoms with Crippen molar-refractivity contribution in [1.82, 2.24) is 30.5 Å². The van der Waals surface area contributed by atoms with Crippen LogP contribution < -0.4 is 16.5 Å². The van der Waals surface area contributed by atoms with E-state index in [1.807, 2.05) is 0 Å². The maximum atomic E-state index is 13.5. The number of hydrogen-bond donors (Lipinski definition) is 7. The molecule has 314 valence electrons. The van der Waals surface area contributed by atoms with Crippen molar-refractivity contribution in [1.29, 1.82) is 0 Å². The standard InChI is InChI=1S/C33H35ClN10O13S2/c1-32(2,28(52)53)57-41-22(17-13-58-30(35)39-17)20(47)12-16-24(49)42-14-33(29(54)55,59-27(16)42)43-10-11-44(26(51)25(43)50)38-9-8-37-40-31(56)36-7-3-4-18(45)15-5-6-19(46)23(48)21(15)34/h5-6,8-9,13,16,27,46,48H,3-4,7,10-12,14H2,1-2H3,(H2,35,39)(H,52,53)(H,54,55)(H2,36,40,56)/b37-8+,38-9+,41-22-/t16-,27-,33-/m1/s1.